The van der Waals surface area contributed by atoms with E-state index in [0.29, 0.717) is 19.8 Å². The molecule has 1 aliphatic heterocycles. The fraction of sp³-hybridized carbons (Fsp3) is 0.545. The van der Waals surface area contributed by atoms with Gasteiger partial charge in [-0.25, -0.2) is 9.97 Å². The van der Waals surface area contributed by atoms with Crippen molar-refractivity contribution in [2.45, 2.75) is 17.5 Å². The highest BCUT2D eigenvalue weighted by molar-refractivity contribution is 7.98. The Balaban J connectivity index is 2.19. The van der Waals surface area contributed by atoms with Crippen molar-refractivity contribution >= 4 is 23.5 Å². The molecule has 0 radical (unpaired) electrons. The molecule has 1 aliphatic rings. The molecule has 0 spiro atoms. The Morgan fingerprint density at radius 1 is 1.67 bits per heavy atom. The third-order valence-corrected chi connectivity index (χ3v) is 3.41. The Morgan fingerprint density at radius 2 is 2.50 bits per heavy atom. The second kappa shape index (κ2) is 6.01. The van der Waals surface area contributed by atoms with Gasteiger partial charge in [-0.3, -0.25) is 4.79 Å². The van der Waals surface area contributed by atoms with Crippen LogP contribution in [0.1, 0.15) is 6.42 Å². The first-order valence-corrected chi connectivity index (χ1v) is 6.85. The maximum absolute atomic E-state index is 10.8. The van der Waals surface area contributed by atoms with Crippen molar-refractivity contribution in [2.75, 3.05) is 30.9 Å². The van der Waals surface area contributed by atoms with Gasteiger partial charge in [0.2, 0.25) is 0 Å². The van der Waals surface area contributed by atoms with Gasteiger partial charge in [0.25, 0.3) is 0 Å². The summed E-state index contributed by atoms with van der Waals surface area (Å²) in [7, 11) is 0. The Hall–Kier alpha value is -1.34. The summed E-state index contributed by atoms with van der Waals surface area (Å²) >= 11 is 1.54. The van der Waals surface area contributed by atoms with E-state index in [9.17, 15) is 4.79 Å². The number of carboxylic acids is 1. The summed E-state index contributed by atoms with van der Waals surface area (Å²) in [5.41, 5.74) is 0. The standard InChI is InChI=1S/C11H15N3O3S/c1-18-10-5-9(12-7-13-10)14-2-3-17-6-8(14)4-11(15)16/h5,7-8H,2-4,6H2,1H3,(H,15,16). The molecule has 1 unspecified atom stereocenters. The van der Waals surface area contributed by atoms with Gasteiger partial charge in [0, 0.05) is 12.6 Å². The Bertz CT molecular complexity index is 430. The van der Waals surface area contributed by atoms with Crippen LogP contribution in [0.5, 0.6) is 0 Å². The van der Waals surface area contributed by atoms with Gasteiger partial charge in [-0.1, -0.05) is 0 Å². The average Bonchev–Trinajstić information content (AvgIpc) is 2.39. The molecule has 1 N–H and O–H groups in total. The molecule has 1 atom stereocenters. The number of hydrogen-bond donors (Lipinski definition) is 1. The predicted molar refractivity (Wildman–Crippen MR) is 68.0 cm³/mol. The number of aromatic nitrogens is 2. The average molecular weight is 269 g/mol. The highest BCUT2D eigenvalue weighted by Crippen LogP contribution is 2.22. The van der Waals surface area contributed by atoms with E-state index in [-0.39, 0.29) is 12.5 Å². The van der Waals surface area contributed by atoms with Crippen molar-refractivity contribution in [1.29, 1.82) is 0 Å². The third-order valence-electron chi connectivity index (χ3n) is 2.77. The van der Waals surface area contributed by atoms with Crippen molar-refractivity contribution in [3.05, 3.63) is 12.4 Å². The summed E-state index contributed by atoms with van der Waals surface area (Å²) in [4.78, 5) is 21.2. The van der Waals surface area contributed by atoms with Crippen LogP contribution in [0.15, 0.2) is 17.4 Å². The topological polar surface area (TPSA) is 75.5 Å². The van der Waals surface area contributed by atoms with E-state index in [1.54, 1.807) is 0 Å². The van der Waals surface area contributed by atoms with Gasteiger partial charge in [0.05, 0.1) is 25.7 Å². The van der Waals surface area contributed by atoms with E-state index < -0.39 is 5.97 Å². The van der Waals surface area contributed by atoms with E-state index >= 15 is 0 Å². The molecule has 98 valence electrons. The number of morpholine rings is 1. The zero-order valence-corrected chi connectivity index (χ0v) is 10.9. The van der Waals surface area contributed by atoms with Gasteiger partial charge in [0.15, 0.2) is 0 Å². The first kappa shape index (κ1) is 13.1. The first-order valence-electron chi connectivity index (χ1n) is 5.63. The molecular weight excluding hydrogens is 254 g/mol. The van der Waals surface area contributed by atoms with E-state index in [4.69, 9.17) is 9.84 Å². The highest BCUT2D eigenvalue weighted by atomic mass is 32.2. The number of aliphatic carboxylic acids is 1. The van der Waals surface area contributed by atoms with Crippen LogP contribution in [-0.4, -0.2) is 53.1 Å². The Morgan fingerprint density at radius 3 is 3.22 bits per heavy atom. The molecule has 0 bridgehead atoms. The van der Waals surface area contributed by atoms with Gasteiger partial charge in [-0.15, -0.1) is 11.8 Å². The predicted octanol–water partition coefficient (Wildman–Crippen LogP) is 0.878. The van der Waals surface area contributed by atoms with Gasteiger partial charge in [-0.05, 0) is 6.26 Å². The van der Waals surface area contributed by atoms with Crippen molar-refractivity contribution in [2.24, 2.45) is 0 Å². The summed E-state index contributed by atoms with van der Waals surface area (Å²) in [5.74, 6) is -0.0569. The molecule has 6 nitrogen and oxygen atoms in total. The van der Waals surface area contributed by atoms with Crippen molar-refractivity contribution in [1.82, 2.24) is 9.97 Å². The lowest BCUT2D eigenvalue weighted by Crippen LogP contribution is -2.47. The minimum Gasteiger partial charge on any atom is -0.481 e. The van der Waals surface area contributed by atoms with Crippen LogP contribution in [0.3, 0.4) is 0 Å². The number of thioether (sulfide) groups is 1. The number of carboxylic acid groups (broad SMARTS) is 1. The molecule has 1 aromatic heterocycles. The SMILES string of the molecule is CSc1cc(N2CCOCC2CC(=O)O)ncn1. The van der Waals surface area contributed by atoms with Crippen molar-refractivity contribution in [3.63, 3.8) is 0 Å². The number of rotatable bonds is 4. The summed E-state index contributed by atoms with van der Waals surface area (Å²) < 4.78 is 5.34. The summed E-state index contributed by atoms with van der Waals surface area (Å²) in [6, 6.07) is 1.71. The minimum absolute atomic E-state index is 0.0542. The zero-order valence-electron chi connectivity index (χ0n) is 10.1. The number of carbonyl (C=O) groups is 1. The first-order chi connectivity index (χ1) is 8.70. The van der Waals surface area contributed by atoms with E-state index in [2.05, 4.69) is 9.97 Å². The summed E-state index contributed by atoms with van der Waals surface area (Å²) in [5, 5.41) is 9.79. The van der Waals surface area contributed by atoms with Crippen LogP contribution in [0.25, 0.3) is 0 Å². The van der Waals surface area contributed by atoms with Gasteiger partial charge < -0.3 is 14.7 Å². The van der Waals surface area contributed by atoms with Crippen LogP contribution >= 0.6 is 11.8 Å². The largest absolute Gasteiger partial charge is 0.481 e. The molecule has 18 heavy (non-hydrogen) atoms. The minimum atomic E-state index is -0.824. The van der Waals surface area contributed by atoms with Crippen molar-refractivity contribution in [3.8, 4) is 0 Å². The third kappa shape index (κ3) is 3.11. The summed E-state index contributed by atoms with van der Waals surface area (Å²) in [6.07, 6.45) is 3.51. The van der Waals surface area contributed by atoms with E-state index in [1.807, 2.05) is 17.2 Å². The molecule has 1 fully saturated rings. The summed E-state index contributed by atoms with van der Waals surface area (Å²) in [6.45, 7) is 1.67. The fourth-order valence-electron chi connectivity index (χ4n) is 1.93. The molecule has 2 rings (SSSR count). The maximum Gasteiger partial charge on any atom is 0.305 e. The molecule has 2 heterocycles. The second-order valence-electron chi connectivity index (χ2n) is 3.94. The van der Waals surface area contributed by atoms with Crippen LogP contribution in [0, 0.1) is 0 Å². The van der Waals surface area contributed by atoms with Crippen molar-refractivity contribution < 1.29 is 14.6 Å². The lowest BCUT2D eigenvalue weighted by Gasteiger charge is -2.35. The molecule has 0 saturated carbocycles. The smallest absolute Gasteiger partial charge is 0.305 e. The number of nitrogens with zero attached hydrogens (tertiary/aromatic N) is 3. The van der Waals surface area contributed by atoms with Gasteiger partial charge >= 0.3 is 5.97 Å². The van der Waals surface area contributed by atoms with Crippen LogP contribution < -0.4 is 4.90 Å². The molecule has 0 aliphatic carbocycles. The number of ether oxygens (including phenoxy) is 1. The van der Waals surface area contributed by atoms with E-state index in [0.717, 1.165) is 10.8 Å². The lowest BCUT2D eigenvalue weighted by molar-refractivity contribution is -0.138. The Labute approximate surface area is 109 Å². The maximum atomic E-state index is 10.8. The lowest BCUT2D eigenvalue weighted by atomic mass is 10.1. The molecule has 7 heteroatoms. The molecule has 0 amide bonds. The fourth-order valence-corrected chi connectivity index (χ4v) is 2.30. The molecule has 0 aromatic carbocycles. The zero-order chi connectivity index (χ0) is 13.0. The van der Waals surface area contributed by atoms with Gasteiger partial charge in [0.1, 0.15) is 17.2 Å². The highest BCUT2D eigenvalue weighted by Gasteiger charge is 2.26. The normalized spacial score (nSPS) is 19.8. The van der Waals surface area contributed by atoms with Crippen LogP contribution in [0.2, 0.25) is 0 Å². The molecule has 1 saturated heterocycles. The molecular formula is C11H15N3O3S. The molecule has 1 aromatic rings. The monoisotopic (exact) mass is 269 g/mol. The second-order valence-corrected chi connectivity index (χ2v) is 4.77. The quantitative estimate of drug-likeness (QED) is 0.642. The number of anilines is 1. The van der Waals surface area contributed by atoms with Crippen LogP contribution in [-0.2, 0) is 9.53 Å². The Kier molecular flexibility index (Phi) is 4.38. The van der Waals surface area contributed by atoms with E-state index in [1.165, 1.54) is 18.1 Å². The number of hydrogen-bond acceptors (Lipinski definition) is 6. The van der Waals surface area contributed by atoms with Crippen LogP contribution in [0.4, 0.5) is 5.82 Å². The van der Waals surface area contributed by atoms with Gasteiger partial charge in [-0.2, -0.15) is 0 Å².